The number of anilines is 2. The number of ether oxygens (including phenoxy) is 1. The lowest BCUT2D eigenvalue weighted by atomic mass is 9.85. The fourth-order valence-corrected chi connectivity index (χ4v) is 6.62. The van der Waals surface area contributed by atoms with Crippen LogP contribution in [0.4, 0.5) is 11.4 Å². The highest BCUT2D eigenvalue weighted by Gasteiger charge is 2.56. The number of fused-ring (bicyclic) bond motifs is 2. The molecule has 4 aromatic rings. The highest BCUT2D eigenvalue weighted by molar-refractivity contribution is 8.16. The Balaban J connectivity index is 1.61. The number of esters is 1. The van der Waals surface area contributed by atoms with Crippen LogP contribution in [0.2, 0.25) is 5.02 Å². The molecule has 42 heavy (non-hydrogen) atoms. The van der Waals surface area contributed by atoms with E-state index in [1.807, 2.05) is 76.7 Å². The van der Waals surface area contributed by atoms with Crippen LogP contribution in [0.5, 0.6) is 0 Å². The van der Waals surface area contributed by atoms with Crippen LogP contribution >= 0.6 is 23.4 Å². The van der Waals surface area contributed by atoms with Gasteiger partial charge in [0.05, 0.1) is 23.7 Å². The van der Waals surface area contributed by atoms with Crippen molar-refractivity contribution in [3.63, 3.8) is 0 Å². The maximum Gasteiger partial charge on any atom is 0.365 e. The topological polar surface area (TPSA) is 57.5 Å². The SMILES string of the molecule is CCOC(=O)C1=NN(c2ccc(Cl)cc2)[C@@]2(S1)c1ccccc1C(c1ccc(C(C)(C)C)cc1)=NN2c1ccccc1. The Kier molecular flexibility index (Phi) is 7.33. The molecule has 0 bridgehead atoms. The van der Waals surface area contributed by atoms with Gasteiger partial charge < -0.3 is 4.74 Å². The second-order valence-corrected chi connectivity index (χ2v) is 12.7. The van der Waals surface area contributed by atoms with Crippen LogP contribution < -0.4 is 10.0 Å². The molecule has 0 amide bonds. The Morgan fingerprint density at radius 1 is 0.833 bits per heavy atom. The van der Waals surface area contributed by atoms with Gasteiger partial charge in [0.1, 0.15) is 0 Å². The van der Waals surface area contributed by atoms with E-state index in [2.05, 4.69) is 57.2 Å². The van der Waals surface area contributed by atoms with Crippen molar-refractivity contribution >= 4 is 51.5 Å². The van der Waals surface area contributed by atoms with Crippen LogP contribution in [-0.2, 0) is 19.9 Å². The van der Waals surface area contributed by atoms with Crippen LogP contribution in [0.3, 0.4) is 0 Å². The van der Waals surface area contributed by atoms with Crippen molar-refractivity contribution in [2.24, 2.45) is 10.2 Å². The van der Waals surface area contributed by atoms with Crippen LogP contribution in [0, 0.1) is 0 Å². The Labute approximate surface area is 255 Å². The molecule has 0 saturated carbocycles. The minimum absolute atomic E-state index is 0.0331. The number of nitrogens with zero attached hydrogens (tertiary/aromatic N) is 4. The van der Waals surface area contributed by atoms with Gasteiger partial charge in [0.2, 0.25) is 10.0 Å². The molecule has 2 aliphatic rings. The highest BCUT2D eigenvalue weighted by Crippen LogP contribution is 2.55. The van der Waals surface area contributed by atoms with E-state index in [1.165, 1.54) is 17.3 Å². The molecule has 6 nitrogen and oxygen atoms in total. The van der Waals surface area contributed by atoms with Gasteiger partial charge in [-0.2, -0.15) is 10.2 Å². The molecular formula is C34H31ClN4O2S. The molecule has 4 aromatic carbocycles. The fraction of sp³-hybridized carbons (Fsp3) is 0.206. The summed E-state index contributed by atoms with van der Waals surface area (Å²) in [6, 6.07) is 34.2. The predicted molar refractivity (Wildman–Crippen MR) is 173 cm³/mol. The zero-order valence-electron chi connectivity index (χ0n) is 23.9. The number of benzene rings is 4. The maximum absolute atomic E-state index is 13.2. The third-order valence-electron chi connectivity index (χ3n) is 7.28. The monoisotopic (exact) mass is 594 g/mol. The first kappa shape index (κ1) is 28.1. The summed E-state index contributed by atoms with van der Waals surface area (Å²) in [5, 5.41) is 14.9. The Bertz CT molecular complexity index is 1680. The van der Waals surface area contributed by atoms with Crippen molar-refractivity contribution in [3.05, 3.63) is 130 Å². The van der Waals surface area contributed by atoms with Gasteiger partial charge in [0.15, 0.2) is 0 Å². The smallest absolute Gasteiger partial charge is 0.365 e. The molecular weight excluding hydrogens is 564 g/mol. The van der Waals surface area contributed by atoms with E-state index in [4.69, 9.17) is 26.5 Å². The van der Waals surface area contributed by atoms with Gasteiger partial charge >= 0.3 is 5.97 Å². The van der Waals surface area contributed by atoms with E-state index < -0.39 is 11.0 Å². The standard InChI is InChI=1S/C34H31ClN4O2S/c1-5-41-32(40)31-37-39(27-21-19-25(35)20-22-27)34(42-31)29-14-10-9-13-28(29)30(36-38(34)26-11-7-6-8-12-26)23-15-17-24(18-16-23)33(2,3)4/h6-22H,5H2,1-4H3/t34-/m1/s1. The van der Waals surface area contributed by atoms with Crippen molar-refractivity contribution in [1.82, 2.24) is 0 Å². The lowest BCUT2D eigenvalue weighted by molar-refractivity contribution is -0.134. The third-order valence-corrected chi connectivity index (χ3v) is 8.83. The number of rotatable bonds is 5. The molecule has 0 unspecified atom stereocenters. The maximum atomic E-state index is 13.2. The number of hydrogen-bond acceptors (Lipinski definition) is 7. The van der Waals surface area contributed by atoms with E-state index >= 15 is 0 Å². The summed E-state index contributed by atoms with van der Waals surface area (Å²) in [6.07, 6.45) is 0. The number of carbonyl (C=O) groups is 1. The lowest BCUT2D eigenvalue weighted by Crippen LogP contribution is -2.54. The molecule has 6 rings (SSSR count). The molecule has 0 fully saturated rings. The number of carbonyl (C=O) groups excluding carboxylic acids is 1. The van der Waals surface area contributed by atoms with Gasteiger partial charge in [-0.3, -0.25) is 0 Å². The van der Waals surface area contributed by atoms with Crippen molar-refractivity contribution in [2.75, 3.05) is 16.6 Å². The van der Waals surface area contributed by atoms with E-state index in [0.29, 0.717) is 5.02 Å². The highest BCUT2D eigenvalue weighted by atomic mass is 35.5. The quantitative estimate of drug-likeness (QED) is 0.218. The number of para-hydroxylation sites is 1. The van der Waals surface area contributed by atoms with Gasteiger partial charge in [0, 0.05) is 21.7 Å². The summed E-state index contributed by atoms with van der Waals surface area (Å²) < 4.78 is 5.43. The fourth-order valence-electron chi connectivity index (χ4n) is 5.20. The normalized spacial score (nSPS) is 18.0. The average Bonchev–Trinajstić information content (AvgIpc) is 3.39. The largest absolute Gasteiger partial charge is 0.461 e. The second-order valence-electron chi connectivity index (χ2n) is 11.1. The van der Waals surface area contributed by atoms with Crippen LogP contribution in [0.15, 0.2) is 113 Å². The van der Waals surface area contributed by atoms with E-state index in [-0.39, 0.29) is 17.1 Å². The Morgan fingerprint density at radius 2 is 1.45 bits per heavy atom. The van der Waals surface area contributed by atoms with Crippen molar-refractivity contribution in [2.45, 2.75) is 38.1 Å². The Hall–Kier alpha value is -4.07. The Morgan fingerprint density at radius 3 is 2.12 bits per heavy atom. The molecule has 0 N–H and O–H groups in total. The first-order valence-electron chi connectivity index (χ1n) is 13.9. The summed E-state index contributed by atoms with van der Waals surface area (Å²) in [5.74, 6) is -0.476. The molecule has 2 heterocycles. The van der Waals surface area contributed by atoms with Crippen molar-refractivity contribution < 1.29 is 9.53 Å². The van der Waals surface area contributed by atoms with Gasteiger partial charge in [-0.15, -0.1) is 0 Å². The molecule has 0 radical (unpaired) electrons. The summed E-state index contributed by atoms with van der Waals surface area (Å²) >= 11 is 7.61. The summed E-state index contributed by atoms with van der Waals surface area (Å²) in [5.41, 5.74) is 6.63. The van der Waals surface area contributed by atoms with E-state index in [1.54, 1.807) is 6.92 Å². The molecule has 212 valence electrons. The molecule has 2 aliphatic heterocycles. The zero-order chi connectivity index (χ0) is 29.5. The lowest BCUT2D eigenvalue weighted by Gasteiger charge is -2.47. The van der Waals surface area contributed by atoms with E-state index in [9.17, 15) is 4.79 Å². The van der Waals surface area contributed by atoms with Crippen LogP contribution in [-0.4, -0.2) is 23.3 Å². The van der Waals surface area contributed by atoms with Crippen LogP contribution in [0.1, 0.15) is 49.9 Å². The molecule has 8 heteroatoms. The van der Waals surface area contributed by atoms with Crippen LogP contribution in [0.25, 0.3) is 0 Å². The third kappa shape index (κ3) is 4.86. The first-order valence-corrected chi connectivity index (χ1v) is 15.1. The number of thioether (sulfide) groups is 1. The molecule has 0 saturated heterocycles. The molecule has 0 aromatic heterocycles. The van der Waals surface area contributed by atoms with Gasteiger partial charge in [-0.05, 0) is 66.1 Å². The summed E-state index contributed by atoms with van der Waals surface area (Å²) in [7, 11) is 0. The predicted octanol–water partition coefficient (Wildman–Crippen LogP) is 8.15. The summed E-state index contributed by atoms with van der Waals surface area (Å²) in [6.45, 7) is 8.66. The molecule has 0 aliphatic carbocycles. The number of halogens is 1. The molecule has 1 atom stereocenters. The first-order chi connectivity index (χ1) is 20.2. The second kappa shape index (κ2) is 11.0. The van der Waals surface area contributed by atoms with E-state index in [0.717, 1.165) is 33.8 Å². The van der Waals surface area contributed by atoms with Crippen molar-refractivity contribution in [1.29, 1.82) is 0 Å². The summed E-state index contributed by atoms with van der Waals surface area (Å²) in [4.78, 5) is 12.1. The minimum Gasteiger partial charge on any atom is -0.461 e. The number of hydrogen-bond donors (Lipinski definition) is 0. The molecule has 1 spiro atoms. The van der Waals surface area contributed by atoms with Gasteiger partial charge in [-0.25, -0.2) is 14.8 Å². The zero-order valence-corrected chi connectivity index (χ0v) is 25.5. The average molecular weight is 595 g/mol. The van der Waals surface area contributed by atoms with Gasteiger partial charge in [-0.1, -0.05) is 99.1 Å². The number of hydrazone groups is 2. The van der Waals surface area contributed by atoms with Gasteiger partial charge in [0.25, 0.3) is 0 Å². The van der Waals surface area contributed by atoms with Crippen molar-refractivity contribution in [3.8, 4) is 0 Å². The minimum atomic E-state index is -1.07.